The molecular formula is C30H39NO2. The maximum Gasteiger partial charge on any atom is 0.111 e. The van der Waals surface area contributed by atoms with E-state index in [1.807, 2.05) is 0 Å². The molecule has 2 heterocycles. The first-order valence-electron chi connectivity index (χ1n) is 13.2. The van der Waals surface area contributed by atoms with Gasteiger partial charge in [0, 0.05) is 22.5 Å². The average Bonchev–Trinajstić information content (AvgIpc) is 3.20. The molecule has 2 aromatic rings. The van der Waals surface area contributed by atoms with Crippen LogP contribution in [0.4, 0.5) is 0 Å². The summed E-state index contributed by atoms with van der Waals surface area (Å²) >= 11 is 0. The van der Waals surface area contributed by atoms with Crippen molar-refractivity contribution in [2.24, 2.45) is 5.41 Å². The molecule has 0 bridgehead atoms. The fourth-order valence-corrected chi connectivity index (χ4v) is 6.95. The van der Waals surface area contributed by atoms with E-state index in [2.05, 4.69) is 58.9 Å². The highest BCUT2D eigenvalue weighted by molar-refractivity contribution is 5.54. The highest BCUT2D eigenvalue weighted by atomic mass is 16.5. The van der Waals surface area contributed by atoms with E-state index in [-0.39, 0.29) is 17.1 Å². The van der Waals surface area contributed by atoms with Crippen molar-refractivity contribution in [3.05, 3.63) is 63.5 Å². The number of pyridine rings is 1. The zero-order chi connectivity index (χ0) is 23.2. The number of aliphatic hydroxyl groups is 1. The first kappa shape index (κ1) is 21.8. The third kappa shape index (κ3) is 3.33. The molecule has 3 nitrogen and oxygen atoms in total. The molecule has 2 atom stereocenters. The Labute approximate surface area is 199 Å². The SMILES string of the molecule is CC(C)c1nc2c(c3c1[C@@H](c1ccc(C4(C)CC4)cc1)OC31CCCC1)[C@@H](O)CC(C)(C)C2. The van der Waals surface area contributed by atoms with Crippen molar-refractivity contribution < 1.29 is 9.84 Å². The van der Waals surface area contributed by atoms with Gasteiger partial charge in [-0.25, -0.2) is 0 Å². The molecule has 0 saturated heterocycles. The monoisotopic (exact) mass is 445 g/mol. The lowest BCUT2D eigenvalue weighted by molar-refractivity contribution is -0.0580. The number of ether oxygens (including phenoxy) is 1. The van der Waals surface area contributed by atoms with Gasteiger partial charge in [0.1, 0.15) is 6.10 Å². The van der Waals surface area contributed by atoms with Gasteiger partial charge in [-0.2, -0.15) is 0 Å². The van der Waals surface area contributed by atoms with Crippen molar-refractivity contribution in [1.29, 1.82) is 0 Å². The second-order valence-electron chi connectivity index (χ2n) is 12.7. The number of benzene rings is 1. The summed E-state index contributed by atoms with van der Waals surface area (Å²) in [5.74, 6) is 0.318. The van der Waals surface area contributed by atoms with Gasteiger partial charge in [0.05, 0.1) is 11.7 Å². The molecule has 33 heavy (non-hydrogen) atoms. The van der Waals surface area contributed by atoms with Crippen LogP contribution in [0.25, 0.3) is 0 Å². The zero-order valence-corrected chi connectivity index (χ0v) is 21.0. The van der Waals surface area contributed by atoms with Crippen LogP contribution in [0.2, 0.25) is 0 Å². The molecule has 2 saturated carbocycles. The highest BCUT2D eigenvalue weighted by Crippen LogP contribution is 2.59. The quantitative estimate of drug-likeness (QED) is 0.545. The van der Waals surface area contributed by atoms with Crippen LogP contribution in [0.1, 0.15) is 137 Å². The molecule has 1 aliphatic heterocycles. The summed E-state index contributed by atoms with van der Waals surface area (Å²) < 4.78 is 7.11. The predicted octanol–water partition coefficient (Wildman–Crippen LogP) is 7.15. The van der Waals surface area contributed by atoms with E-state index < -0.39 is 6.10 Å². The fourth-order valence-electron chi connectivity index (χ4n) is 6.95. The van der Waals surface area contributed by atoms with Gasteiger partial charge in [-0.3, -0.25) is 4.98 Å². The van der Waals surface area contributed by atoms with Crippen LogP contribution in [-0.4, -0.2) is 10.1 Å². The molecule has 6 rings (SSSR count). The Bertz CT molecular complexity index is 1090. The van der Waals surface area contributed by atoms with Crippen molar-refractivity contribution in [3.63, 3.8) is 0 Å². The van der Waals surface area contributed by atoms with Gasteiger partial charge in [-0.1, -0.05) is 71.7 Å². The minimum Gasteiger partial charge on any atom is -0.388 e. The lowest BCUT2D eigenvalue weighted by Gasteiger charge is -2.38. The molecule has 1 N–H and O–H groups in total. The van der Waals surface area contributed by atoms with Gasteiger partial charge >= 0.3 is 0 Å². The Kier molecular flexibility index (Phi) is 4.72. The summed E-state index contributed by atoms with van der Waals surface area (Å²) in [5.41, 5.74) is 8.87. The third-order valence-corrected chi connectivity index (χ3v) is 9.04. The molecule has 1 aromatic carbocycles. The molecular weight excluding hydrogens is 406 g/mol. The van der Waals surface area contributed by atoms with Crippen LogP contribution < -0.4 is 0 Å². The average molecular weight is 446 g/mol. The first-order chi connectivity index (χ1) is 15.6. The standard InChI is InChI=1S/C30H39NO2/c1-18(2)26-24-25(23-21(31-26)16-28(3,4)17-22(23)32)30(12-6-7-13-30)33-27(24)19-8-10-20(11-9-19)29(5)14-15-29/h8-11,18,22,27,32H,6-7,12-17H2,1-5H3/t22-,27+/m0/s1. The Morgan fingerprint density at radius 1 is 0.970 bits per heavy atom. The molecule has 0 radical (unpaired) electrons. The minimum absolute atomic E-state index is 0.0678. The summed E-state index contributed by atoms with van der Waals surface area (Å²) in [7, 11) is 0. The number of fused-ring (bicyclic) bond motifs is 4. The van der Waals surface area contributed by atoms with E-state index in [4.69, 9.17) is 9.72 Å². The zero-order valence-electron chi connectivity index (χ0n) is 21.0. The highest BCUT2D eigenvalue weighted by Gasteiger charge is 2.52. The molecule has 0 amide bonds. The molecule has 3 heteroatoms. The third-order valence-electron chi connectivity index (χ3n) is 9.04. The fraction of sp³-hybridized carbons (Fsp3) is 0.633. The second kappa shape index (κ2) is 7.15. The molecule has 0 unspecified atom stereocenters. The number of hydrogen-bond acceptors (Lipinski definition) is 3. The number of hydrogen-bond donors (Lipinski definition) is 1. The molecule has 176 valence electrons. The first-order valence-corrected chi connectivity index (χ1v) is 13.2. The molecule has 4 aliphatic rings. The number of rotatable bonds is 3. The van der Waals surface area contributed by atoms with Crippen molar-refractivity contribution in [1.82, 2.24) is 4.98 Å². The van der Waals surface area contributed by atoms with E-state index >= 15 is 0 Å². The second-order valence-corrected chi connectivity index (χ2v) is 12.7. The van der Waals surface area contributed by atoms with Crippen molar-refractivity contribution in [3.8, 4) is 0 Å². The van der Waals surface area contributed by atoms with Gasteiger partial charge in [0.2, 0.25) is 0 Å². The van der Waals surface area contributed by atoms with Gasteiger partial charge in [-0.05, 0) is 72.0 Å². The van der Waals surface area contributed by atoms with Crippen LogP contribution >= 0.6 is 0 Å². The van der Waals surface area contributed by atoms with Crippen LogP contribution in [0.15, 0.2) is 24.3 Å². The topological polar surface area (TPSA) is 42.4 Å². The van der Waals surface area contributed by atoms with E-state index in [1.165, 1.54) is 53.6 Å². The lowest BCUT2D eigenvalue weighted by Crippen LogP contribution is -2.32. The Balaban J connectivity index is 1.55. The van der Waals surface area contributed by atoms with E-state index in [0.29, 0.717) is 11.3 Å². The normalized spacial score (nSPS) is 28.2. The van der Waals surface area contributed by atoms with Crippen molar-refractivity contribution in [2.45, 2.75) is 115 Å². The lowest BCUT2D eigenvalue weighted by atomic mass is 9.70. The maximum absolute atomic E-state index is 11.4. The van der Waals surface area contributed by atoms with Gasteiger partial charge in [0.25, 0.3) is 0 Å². The summed E-state index contributed by atoms with van der Waals surface area (Å²) in [6.45, 7) is 11.4. The smallest absolute Gasteiger partial charge is 0.111 e. The van der Waals surface area contributed by atoms with Crippen LogP contribution in [0.3, 0.4) is 0 Å². The van der Waals surface area contributed by atoms with Gasteiger partial charge in [0.15, 0.2) is 0 Å². The van der Waals surface area contributed by atoms with Gasteiger partial charge < -0.3 is 9.84 Å². The van der Waals surface area contributed by atoms with Crippen molar-refractivity contribution in [2.75, 3.05) is 0 Å². The van der Waals surface area contributed by atoms with Crippen LogP contribution in [0, 0.1) is 5.41 Å². The molecule has 1 aromatic heterocycles. The van der Waals surface area contributed by atoms with Crippen LogP contribution in [-0.2, 0) is 22.2 Å². The van der Waals surface area contributed by atoms with Crippen molar-refractivity contribution >= 4 is 0 Å². The van der Waals surface area contributed by atoms with Crippen LogP contribution in [0.5, 0.6) is 0 Å². The number of aromatic nitrogens is 1. The van der Waals surface area contributed by atoms with Gasteiger partial charge in [-0.15, -0.1) is 0 Å². The summed E-state index contributed by atoms with van der Waals surface area (Å²) in [4.78, 5) is 5.29. The number of nitrogens with zero attached hydrogens (tertiary/aromatic N) is 1. The summed E-state index contributed by atoms with van der Waals surface area (Å²) in [5, 5.41) is 11.4. The van der Waals surface area contributed by atoms with E-state index in [0.717, 1.165) is 36.9 Å². The predicted molar refractivity (Wildman–Crippen MR) is 131 cm³/mol. The van der Waals surface area contributed by atoms with E-state index in [9.17, 15) is 5.11 Å². The Morgan fingerprint density at radius 3 is 2.24 bits per heavy atom. The Morgan fingerprint density at radius 2 is 1.64 bits per heavy atom. The molecule has 2 fully saturated rings. The summed E-state index contributed by atoms with van der Waals surface area (Å²) in [6, 6.07) is 9.24. The minimum atomic E-state index is -0.455. The maximum atomic E-state index is 11.4. The molecule has 1 spiro atoms. The molecule has 3 aliphatic carbocycles. The summed E-state index contributed by atoms with van der Waals surface area (Å²) in [6.07, 6.45) is 8.26. The largest absolute Gasteiger partial charge is 0.388 e. The number of aliphatic hydroxyl groups excluding tert-OH is 1. The Hall–Kier alpha value is -1.71. The van der Waals surface area contributed by atoms with E-state index in [1.54, 1.807) is 0 Å².